The summed E-state index contributed by atoms with van der Waals surface area (Å²) in [6.07, 6.45) is 7.82. The molecule has 7 heteroatoms. The van der Waals surface area contributed by atoms with E-state index in [9.17, 15) is 0 Å². The Morgan fingerprint density at radius 1 is 1.32 bits per heavy atom. The highest BCUT2D eigenvalue weighted by molar-refractivity contribution is 14.0. The highest BCUT2D eigenvalue weighted by Crippen LogP contribution is 2.19. The number of para-hydroxylation sites is 1. The molecule has 0 aliphatic carbocycles. The number of guanidine groups is 1. The van der Waals surface area contributed by atoms with Crippen LogP contribution in [0.15, 0.2) is 54.0 Å². The summed E-state index contributed by atoms with van der Waals surface area (Å²) in [6.45, 7) is 3.96. The van der Waals surface area contributed by atoms with E-state index >= 15 is 0 Å². The Kier molecular flexibility index (Phi) is 8.03. The van der Waals surface area contributed by atoms with Crippen molar-refractivity contribution in [1.29, 1.82) is 0 Å². The quantitative estimate of drug-likeness (QED) is 0.305. The molecule has 2 heterocycles. The zero-order valence-electron chi connectivity index (χ0n) is 14.6. The third-order valence-electron chi connectivity index (χ3n) is 4.32. The van der Waals surface area contributed by atoms with Crippen molar-refractivity contribution in [3.8, 4) is 0 Å². The average Bonchev–Trinajstić information content (AvgIpc) is 3.30. The number of halogens is 1. The van der Waals surface area contributed by atoms with Crippen molar-refractivity contribution in [2.45, 2.75) is 25.4 Å². The highest BCUT2D eigenvalue weighted by atomic mass is 127. The van der Waals surface area contributed by atoms with Crippen molar-refractivity contribution in [1.82, 2.24) is 20.2 Å². The minimum atomic E-state index is 0. The van der Waals surface area contributed by atoms with Gasteiger partial charge >= 0.3 is 0 Å². The lowest BCUT2D eigenvalue weighted by molar-refractivity contribution is 0.609. The van der Waals surface area contributed by atoms with Crippen molar-refractivity contribution in [2.24, 2.45) is 4.99 Å². The fourth-order valence-corrected chi connectivity index (χ4v) is 3.03. The molecule has 1 aliphatic rings. The Hall–Kier alpha value is -1.77. The van der Waals surface area contributed by atoms with Gasteiger partial charge in [0.15, 0.2) is 5.96 Å². The lowest BCUT2D eigenvalue weighted by atomic mass is 10.2. The van der Waals surface area contributed by atoms with E-state index in [0.29, 0.717) is 6.04 Å². The normalized spacial score (nSPS) is 17.2. The van der Waals surface area contributed by atoms with E-state index in [2.05, 4.69) is 60.4 Å². The topological polar surface area (TPSA) is 57.5 Å². The third-order valence-corrected chi connectivity index (χ3v) is 4.32. The van der Waals surface area contributed by atoms with Gasteiger partial charge in [0, 0.05) is 57.3 Å². The largest absolute Gasteiger partial charge is 0.369 e. The van der Waals surface area contributed by atoms with Gasteiger partial charge in [0.1, 0.15) is 0 Å². The van der Waals surface area contributed by atoms with Gasteiger partial charge in [-0.15, -0.1) is 24.0 Å². The first-order valence-corrected chi connectivity index (χ1v) is 8.58. The summed E-state index contributed by atoms with van der Waals surface area (Å²) in [5.74, 6) is 0.889. The van der Waals surface area contributed by atoms with E-state index < -0.39 is 0 Å². The van der Waals surface area contributed by atoms with Gasteiger partial charge in [0.25, 0.3) is 0 Å². The fourth-order valence-electron chi connectivity index (χ4n) is 3.03. The summed E-state index contributed by atoms with van der Waals surface area (Å²) in [4.78, 5) is 10.8. The van der Waals surface area contributed by atoms with Crippen LogP contribution in [0.25, 0.3) is 0 Å². The van der Waals surface area contributed by atoms with E-state index in [4.69, 9.17) is 0 Å². The molecular weight excluding hydrogens is 427 g/mol. The van der Waals surface area contributed by atoms with Gasteiger partial charge in [0.2, 0.25) is 0 Å². The average molecular weight is 454 g/mol. The molecule has 0 saturated carbocycles. The van der Waals surface area contributed by atoms with Gasteiger partial charge in [-0.3, -0.25) is 4.99 Å². The van der Waals surface area contributed by atoms with Gasteiger partial charge in [0.05, 0.1) is 6.33 Å². The van der Waals surface area contributed by atoms with Gasteiger partial charge in [-0.25, -0.2) is 4.98 Å². The Morgan fingerprint density at radius 3 is 2.88 bits per heavy atom. The molecule has 1 aromatic carbocycles. The lowest BCUT2D eigenvalue weighted by Crippen LogP contribution is -2.45. The molecule has 2 N–H and O–H groups in total. The third kappa shape index (κ3) is 5.91. The van der Waals surface area contributed by atoms with Gasteiger partial charge < -0.3 is 20.1 Å². The molecule has 1 aliphatic heterocycles. The van der Waals surface area contributed by atoms with Crippen LogP contribution in [0.4, 0.5) is 5.69 Å². The molecule has 2 aromatic rings. The summed E-state index contributed by atoms with van der Waals surface area (Å²) in [5, 5.41) is 6.94. The molecule has 0 spiro atoms. The summed E-state index contributed by atoms with van der Waals surface area (Å²) >= 11 is 0. The van der Waals surface area contributed by atoms with Crippen molar-refractivity contribution >= 4 is 35.6 Å². The molecule has 1 aromatic heterocycles. The van der Waals surface area contributed by atoms with Crippen molar-refractivity contribution in [2.75, 3.05) is 31.6 Å². The smallest absolute Gasteiger partial charge is 0.191 e. The van der Waals surface area contributed by atoms with Crippen LogP contribution < -0.4 is 15.5 Å². The SMILES string of the molecule is CN=C(NCCCn1ccnc1)NC1CCN(c2ccccc2)C1.I. The zero-order valence-corrected chi connectivity index (χ0v) is 17.0. The Morgan fingerprint density at radius 2 is 2.16 bits per heavy atom. The maximum absolute atomic E-state index is 4.34. The molecule has 1 fully saturated rings. The number of nitrogens with zero attached hydrogens (tertiary/aromatic N) is 4. The minimum absolute atomic E-state index is 0. The Bertz CT molecular complexity index is 628. The molecule has 1 saturated heterocycles. The molecule has 1 atom stereocenters. The molecule has 25 heavy (non-hydrogen) atoms. The Balaban J connectivity index is 0.00000225. The summed E-state index contributed by atoms with van der Waals surface area (Å²) in [7, 11) is 1.83. The Labute approximate surface area is 166 Å². The molecule has 3 rings (SSSR count). The second kappa shape index (κ2) is 10.3. The van der Waals surface area contributed by atoms with E-state index in [0.717, 1.165) is 45.0 Å². The van der Waals surface area contributed by atoms with E-state index in [1.54, 1.807) is 0 Å². The number of hydrogen-bond donors (Lipinski definition) is 2. The van der Waals surface area contributed by atoms with Crippen LogP contribution in [0.1, 0.15) is 12.8 Å². The predicted molar refractivity (Wildman–Crippen MR) is 114 cm³/mol. The molecular formula is C18H27IN6. The van der Waals surface area contributed by atoms with E-state index in [1.165, 1.54) is 5.69 Å². The first-order valence-electron chi connectivity index (χ1n) is 8.58. The number of benzene rings is 1. The monoisotopic (exact) mass is 454 g/mol. The molecule has 136 valence electrons. The van der Waals surface area contributed by atoms with Crippen molar-refractivity contribution in [3.05, 3.63) is 49.1 Å². The minimum Gasteiger partial charge on any atom is -0.369 e. The van der Waals surface area contributed by atoms with Crippen molar-refractivity contribution in [3.63, 3.8) is 0 Å². The first kappa shape index (κ1) is 19.6. The number of rotatable bonds is 6. The van der Waals surface area contributed by atoms with Crippen LogP contribution >= 0.6 is 24.0 Å². The van der Waals surface area contributed by atoms with E-state index in [1.807, 2.05) is 25.8 Å². The molecule has 1 unspecified atom stereocenters. The molecule has 0 radical (unpaired) electrons. The van der Waals surface area contributed by atoms with Gasteiger partial charge in [-0.1, -0.05) is 18.2 Å². The molecule has 0 amide bonds. The number of imidazole rings is 1. The van der Waals surface area contributed by atoms with Crippen LogP contribution in [-0.2, 0) is 6.54 Å². The van der Waals surface area contributed by atoms with E-state index in [-0.39, 0.29) is 24.0 Å². The summed E-state index contributed by atoms with van der Waals surface area (Å²) < 4.78 is 2.09. The van der Waals surface area contributed by atoms with Crippen LogP contribution in [0.3, 0.4) is 0 Å². The highest BCUT2D eigenvalue weighted by Gasteiger charge is 2.23. The number of aromatic nitrogens is 2. The fraction of sp³-hybridized carbons (Fsp3) is 0.444. The maximum atomic E-state index is 4.34. The number of nitrogens with one attached hydrogen (secondary N) is 2. The lowest BCUT2D eigenvalue weighted by Gasteiger charge is -2.20. The maximum Gasteiger partial charge on any atom is 0.191 e. The van der Waals surface area contributed by atoms with Crippen LogP contribution in [-0.4, -0.2) is 48.2 Å². The van der Waals surface area contributed by atoms with Gasteiger partial charge in [-0.2, -0.15) is 0 Å². The zero-order chi connectivity index (χ0) is 16.6. The second-order valence-electron chi connectivity index (χ2n) is 6.06. The number of hydrogen-bond acceptors (Lipinski definition) is 3. The van der Waals surface area contributed by atoms with Crippen LogP contribution in [0, 0.1) is 0 Å². The summed E-state index contributed by atoms with van der Waals surface area (Å²) in [6, 6.07) is 11.0. The van der Waals surface area contributed by atoms with Crippen LogP contribution in [0.2, 0.25) is 0 Å². The standard InChI is InChI=1S/C18H26N6.HI/c1-19-18(21-9-5-11-23-13-10-20-15-23)22-16-8-12-24(14-16)17-6-3-2-4-7-17;/h2-4,6-7,10,13,15-16H,5,8-9,11-12,14H2,1H3,(H2,19,21,22);1H. The summed E-state index contributed by atoms with van der Waals surface area (Å²) in [5.41, 5.74) is 1.30. The predicted octanol–water partition coefficient (Wildman–Crippen LogP) is 2.34. The van der Waals surface area contributed by atoms with Crippen LogP contribution in [0.5, 0.6) is 0 Å². The molecule has 0 bridgehead atoms. The number of aryl methyl sites for hydroxylation is 1. The van der Waals surface area contributed by atoms with Gasteiger partial charge in [-0.05, 0) is 25.0 Å². The molecule has 6 nitrogen and oxygen atoms in total. The first-order chi connectivity index (χ1) is 11.8. The van der Waals surface area contributed by atoms with Crippen molar-refractivity contribution < 1.29 is 0 Å². The second-order valence-corrected chi connectivity index (χ2v) is 6.06. The number of anilines is 1. The number of aliphatic imine (C=N–C) groups is 1.